The van der Waals surface area contributed by atoms with Crippen LogP contribution in [-0.4, -0.2) is 9.97 Å². The molecule has 116 valence electrons. The lowest BCUT2D eigenvalue weighted by atomic mass is 10.0. The minimum absolute atomic E-state index is 0.731. The molecular formula is C21H15ClN2. The summed E-state index contributed by atoms with van der Waals surface area (Å²) in [5.41, 5.74) is 6.45. The number of aromatic nitrogens is 2. The van der Waals surface area contributed by atoms with E-state index in [0.717, 1.165) is 38.7 Å². The van der Waals surface area contributed by atoms with Crippen molar-refractivity contribution >= 4 is 11.6 Å². The van der Waals surface area contributed by atoms with Crippen molar-refractivity contribution in [3.8, 4) is 33.6 Å². The SMILES string of the molecule is Clc1ccccc1-c1[nH]c(-c2ccccc2)cc1-c1ccncc1. The van der Waals surface area contributed by atoms with Crippen LogP contribution in [0.5, 0.6) is 0 Å². The van der Waals surface area contributed by atoms with E-state index in [2.05, 4.69) is 28.2 Å². The Morgan fingerprint density at radius 1 is 0.708 bits per heavy atom. The number of nitrogens with zero attached hydrogens (tertiary/aromatic N) is 1. The summed E-state index contributed by atoms with van der Waals surface area (Å²) in [6.45, 7) is 0. The zero-order valence-electron chi connectivity index (χ0n) is 12.9. The maximum absolute atomic E-state index is 6.44. The van der Waals surface area contributed by atoms with E-state index in [-0.39, 0.29) is 0 Å². The number of hydrogen-bond acceptors (Lipinski definition) is 1. The Bertz CT molecular complexity index is 960. The number of halogens is 1. The average molecular weight is 331 g/mol. The highest BCUT2D eigenvalue weighted by Crippen LogP contribution is 2.38. The molecule has 0 aliphatic heterocycles. The van der Waals surface area contributed by atoms with Crippen LogP contribution >= 0.6 is 11.6 Å². The number of H-pyrrole nitrogens is 1. The van der Waals surface area contributed by atoms with Crippen LogP contribution in [0.25, 0.3) is 33.6 Å². The molecule has 1 N–H and O–H groups in total. The van der Waals surface area contributed by atoms with E-state index in [9.17, 15) is 0 Å². The first-order valence-electron chi connectivity index (χ1n) is 7.76. The van der Waals surface area contributed by atoms with Gasteiger partial charge in [0.25, 0.3) is 0 Å². The zero-order valence-corrected chi connectivity index (χ0v) is 13.7. The number of pyridine rings is 1. The van der Waals surface area contributed by atoms with Crippen LogP contribution in [0.2, 0.25) is 5.02 Å². The van der Waals surface area contributed by atoms with Gasteiger partial charge in [0.05, 0.1) is 5.69 Å². The second-order valence-electron chi connectivity index (χ2n) is 5.55. The summed E-state index contributed by atoms with van der Waals surface area (Å²) in [6, 6.07) is 24.4. The van der Waals surface area contributed by atoms with Crippen LogP contribution in [0.4, 0.5) is 0 Å². The van der Waals surface area contributed by atoms with Crippen LogP contribution in [0.3, 0.4) is 0 Å². The zero-order chi connectivity index (χ0) is 16.4. The number of benzene rings is 2. The molecule has 4 aromatic rings. The summed E-state index contributed by atoms with van der Waals surface area (Å²) in [5.74, 6) is 0. The number of rotatable bonds is 3. The highest BCUT2D eigenvalue weighted by molar-refractivity contribution is 6.33. The Morgan fingerprint density at radius 2 is 1.42 bits per heavy atom. The third-order valence-corrected chi connectivity index (χ3v) is 4.37. The first kappa shape index (κ1) is 14.7. The van der Waals surface area contributed by atoms with E-state index < -0.39 is 0 Å². The monoisotopic (exact) mass is 330 g/mol. The van der Waals surface area contributed by atoms with Gasteiger partial charge < -0.3 is 4.98 Å². The molecular weight excluding hydrogens is 316 g/mol. The minimum Gasteiger partial charge on any atom is -0.354 e. The van der Waals surface area contributed by atoms with Gasteiger partial charge in [0.15, 0.2) is 0 Å². The molecule has 24 heavy (non-hydrogen) atoms. The molecule has 0 aliphatic rings. The second-order valence-corrected chi connectivity index (χ2v) is 5.96. The van der Waals surface area contributed by atoms with Crippen LogP contribution in [0.1, 0.15) is 0 Å². The molecule has 0 amide bonds. The van der Waals surface area contributed by atoms with Crippen molar-refractivity contribution in [2.75, 3.05) is 0 Å². The molecule has 2 heterocycles. The molecule has 0 spiro atoms. The van der Waals surface area contributed by atoms with Crippen LogP contribution in [0.15, 0.2) is 85.2 Å². The summed E-state index contributed by atoms with van der Waals surface area (Å²) < 4.78 is 0. The van der Waals surface area contributed by atoms with E-state index in [0.29, 0.717) is 0 Å². The fraction of sp³-hybridized carbons (Fsp3) is 0. The Hall–Kier alpha value is -2.84. The first-order valence-corrected chi connectivity index (χ1v) is 8.14. The molecule has 0 atom stereocenters. The Balaban J connectivity index is 1.94. The minimum atomic E-state index is 0.731. The van der Waals surface area contributed by atoms with Gasteiger partial charge in [0, 0.05) is 34.2 Å². The summed E-state index contributed by atoms with van der Waals surface area (Å²) in [5, 5.41) is 0.731. The third-order valence-electron chi connectivity index (χ3n) is 4.04. The molecule has 2 aromatic heterocycles. The van der Waals surface area contributed by atoms with Crippen molar-refractivity contribution < 1.29 is 0 Å². The van der Waals surface area contributed by atoms with Crippen molar-refractivity contribution in [3.05, 3.63) is 90.2 Å². The number of nitrogens with one attached hydrogen (secondary N) is 1. The summed E-state index contributed by atoms with van der Waals surface area (Å²) in [7, 11) is 0. The van der Waals surface area contributed by atoms with Crippen molar-refractivity contribution in [1.29, 1.82) is 0 Å². The van der Waals surface area contributed by atoms with Crippen molar-refractivity contribution in [3.63, 3.8) is 0 Å². The second kappa shape index (κ2) is 6.34. The van der Waals surface area contributed by atoms with E-state index in [1.807, 2.05) is 54.6 Å². The molecule has 2 aromatic carbocycles. The number of hydrogen-bond donors (Lipinski definition) is 1. The Morgan fingerprint density at radius 3 is 2.17 bits per heavy atom. The molecule has 0 fully saturated rings. The van der Waals surface area contributed by atoms with Gasteiger partial charge in [-0.15, -0.1) is 0 Å². The van der Waals surface area contributed by atoms with Crippen molar-refractivity contribution in [2.45, 2.75) is 0 Å². The maximum Gasteiger partial charge on any atom is 0.0553 e. The lowest BCUT2D eigenvalue weighted by Gasteiger charge is -2.06. The largest absolute Gasteiger partial charge is 0.354 e. The molecule has 0 saturated carbocycles. The quantitative estimate of drug-likeness (QED) is 0.485. The Kier molecular flexibility index (Phi) is 3.89. The first-order chi connectivity index (χ1) is 11.8. The molecule has 0 unspecified atom stereocenters. The number of aromatic amines is 1. The Labute approximate surface area is 145 Å². The predicted octanol–water partition coefficient (Wildman–Crippen LogP) is 6.06. The van der Waals surface area contributed by atoms with Gasteiger partial charge in [0.2, 0.25) is 0 Å². The van der Waals surface area contributed by atoms with Crippen molar-refractivity contribution in [1.82, 2.24) is 9.97 Å². The third kappa shape index (κ3) is 2.72. The van der Waals surface area contributed by atoms with Gasteiger partial charge in [-0.2, -0.15) is 0 Å². The smallest absolute Gasteiger partial charge is 0.0553 e. The van der Waals surface area contributed by atoms with Crippen LogP contribution in [0, 0.1) is 0 Å². The highest BCUT2D eigenvalue weighted by Gasteiger charge is 2.15. The van der Waals surface area contributed by atoms with E-state index in [4.69, 9.17) is 11.6 Å². The molecule has 0 bridgehead atoms. The van der Waals surface area contributed by atoms with Crippen LogP contribution < -0.4 is 0 Å². The summed E-state index contributed by atoms with van der Waals surface area (Å²) in [4.78, 5) is 7.67. The highest BCUT2D eigenvalue weighted by atomic mass is 35.5. The normalized spacial score (nSPS) is 10.7. The topological polar surface area (TPSA) is 28.7 Å². The average Bonchev–Trinajstić information content (AvgIpc) is 3.09. The molecule has 3 heteroatoms. The molecule has 0 radical (unpaired) electrons. The predicted molar refractivity (Wildman–Crippen MR) is 99.9 cm³/mol. The molecule has 0 saturated heterocycles. The molecule has 2 nitrogen and oxygen atoms in total. The van der Waals surface area contributed by atoms with Gasteiger partial charge in [-0.25, -0.2) is 0 Å². The van der Waals surface area contributed by atoms with Gasteiger partial charge >= 0.3 is 0 Å². The summed E-state index contributed by atoms with van der Waals surface area (Å²) >= 11 is 6.44. The van der Waals surface area contributed by atoms with Crippen molar-refractivity contribution in [2.24, 2.45) is 0 Å². The van der Waals surface area contributed by atoms with E-state index >= 15 is 0 Å². The van der Waals surface area contributed by atoms with E-state index in [1.165, 1.54) is 0 Å². The maximum atomic E-state index is 6.44. The van der Waals surface area contributed by atoms with E-state index in [1.54, 1.807) is 12.4 Å². The fourth-order valence-electron chi connectivity index (χ4n) is 2.86. The van der Waals surface area contributed by atoms with Gasteiger partial charge in [0.1, 0.15) is 0 Å². The fourth-order valence-corrected chi connectivity index (χ4v) is 3.09. The van der Waals surface area contributed by atoms with Crippen LogP contribution in [-0.2, 0) is 0 Å². The van der Waals surface area contributed by atoms with Gasteiger partial charge in [-0.1, -0.05) is 60.1 Å². The standard InChI is InChI=1S/C21H15ClN2/c22-19-9-5-4-8-17(19)21-18(15-10-12-23-13-11-15)14-20(24-21)16-6-2-1-3-7-16/h1-14,24H. The van der Waals surface area contributed by atoms with Gasteiger partial charge in [-0.3, -0.25) is 4.98 Å². The van der Waals surface area contributed by atoms with Gasteiger partial charge in [-0.05, 0) is 35.4 Å². The molecule has 4 rings (SSSR count). The molecule has 0 aliphatic carbocycles. The lowest BCUT2D eigenvalue weighted by Crippen LogP contribution is -1.84. The lowest BCUT2D eigenvalue weighted by molar-refractivity contribution is 1.33. The summed E-state index contributed by atoms with van der Waals surface area (Å²) in [6.07, 6.45) is 3.61.